The fraction of sp³-hybridized carbons (Fsp3) is 0.158. The Hall–Kier alpha value is -3.48. The van der Waals surface area contributed by atoms with Crippen LogP contribution >= 0.6 is 0 Å². The van der Waals surface area contributed by atoms with E-state index in [9.17, 15) is 14.4 Å². The maximum atomic E-state index is 12.4. The topological polar surface area (TPSA) is 103 Å². The number of carboxylic acids is 1. The summed E-state index contributed by atoms with van der Waals surface area (Å²) in [5.74, 6) is -1.84. The lowest BCUT2D eigenvalue weighted by Crippen LogP contribution is -2.28. The SMILES string of the molecule is CC(=O)N(Cc1ccccc1)Cc1cccc2nc(C(=O)O)[nH]c(=O)c12. The number of fused-ring (bicyclic) bond motifs is 1. The van der Waals surface area contributed by atoms with Gasteiger partial charge in [0, 0.05) is 20.0 Å². The molecule has 7 nitrogen and oxygen atoms in total. The minimum absolute atomic E-state index is 0.127. The highest BCUT2D eigenvalue weighted by Crippen LogP contribution is 2.17. The second-order valence-corrected chi connectivity index (χ2v) is 5.89. The van der Waals surface area contributed by atoms with Crippen LogP contribution in [0.4, 0.5) is 0 Å². The number of carboxylic acid groups (broad SMARTS) is 1. The maximum Gasteiger partial charge on any atom is 0.372 e. The van der Waals surface area contributed by atoms with E-state index in [-0.39, 0.29) is 23.4 Å². The van der Waals surface area contributed by atoms with Crippen molar-refractivity contribution in [2.45, 2.75) is 20.0 Å². The molecule has 26 heavy (non-hydrogen) atoms. The average Bonchev–Trinajstić information content (AvgIpc) is 2.61. The normalized spacial score (nSPS) is 10.7. The van der Waals surface area contributed by atoms with Crippen LogP contribution in [0.5, 0.6) is 0 Å². The first kappa shape index (κ1) is 17.3. The van der Waals surface area contributed by atoms with Crippen LogP contribution in [0.15, 0.2) is 53.3 Å². The summed E-state index contributed by atoms with van der Waals surface area (Å²) in [6, 6.07) is 14.5. The molecule has 0 aliphatic rings. The number of H-pyrrole nitrogens is 1. The van der Waals surface area contributed by atoms with E-state index in [4.69, 9.17) is 5.11 Å². The van der Waals surface area contributed by atoms with Gasteiger partial charge in [-0.2, -0.15) is 0 Å². The Labute approximate surface area is 148 Å². The Balaban J connectivity index is 2.00. The third-order valence-electron chi connectivity index (χ3n) is 4.05. The zero-order chi connectivity index (χ0) is 18.7. The van der Waals surface area contributed by atoms with Crippen molar-refractivity contribution < 1.29 is 14.7 Å². The van der Waals surface area contributed by atoms with E-state index in [1.807, 2.05) is 30.3 Å². The fourth-order valence-electron chi connectivity index (χ4n) is 2.78. The molecule has 2 N–H and O–H groups in total. The van der Waals surface area contributed by atoms with E-state index in [2.05, 4.69) is 9.97 Å². The largest absolute Gasteiger partial charge is 0.475 e. The van der Waals surface area contributed by atoms with Gasteiger partial charge in [0.15, 0.2) is 0 Å². The number of aromatic nitrogens is 2. The van der Waals surface area contributed by atoms with E-state index in [1.165, 1.54) is 6.92 Å². The van der Waals surface area contributed by atoms with Gasteiger partial charge in [-0.1, -0.05) is 42.5 Å². The van der Waals surface area contributed by atoms with E-state index < -0.39 is 17.4 Å². The number of benzene rings is 2. The number of carbonyl (C=O) groups is 2. The predicted octanol–water partition coefficient (Wildman–Crippen LogP) is 2.17. The van der Waals surface area contributed by atoms with Crippen LogP contribution in [-0.4, -0.2) is 31.9 Å². The Kier molecular flexibility index (Phi) is 4.79. The minimum atomic E-state index is -1.30. The number of hydrogen-bond acceptors (Lipinski definition) is 4. The summed E-state index contributed by atoms with van der Waals surface area (Å²) in [6.45, 7) is 2.10. The Morgan fingerprint density at radius 3 is 2.46 bits per heavy atom. The third-order valence-corrected chi connectivity index (χ3v) is 4.05. The van der Waals surface area contributed by atoms with E-state index in [1.54, 1.807) is 23.1 Å². The molecule has 0 aliphatic heterocycles. The number of aromatic amines is 1. The molecule has 0 spiro atoms. The van der Waals surface area contributed by atoms with Gasteiger partial charge in [0.1, 0.15) is 0 Å². The summed E-state index contributed by atoms with van der Waals surface area (Å²) in [5.41, 5.74) is 1.33. The van der Waals surface area contributed by atoms with Crippen LogP contribution in [-0.2, 0) is 17.9 Å². The smallest absolute Gasteiger partial charge is 0.372 e. The van der Waals surface area contributed by atoms with Gasteiger partial charge in [-0.05, 0) is 17.2 Å². The Bertz CT molecular complexity index is 1030. The molecule has 1 amide bonds. The summed E-state index contributed by atoms with van der Waals surface area (Å²) in [7, 11) is 0. The van der Waals surface area contributed by atoms with E-state index >= 15 is 0 Å². The second kappa shape index (κ2) is 7.18. The molecule has 1 aromatic heterocycles. The predicted molar refractivity (Wildman–Crippen MR) is 95.7 cm³/mol. The van der Waals surface area contributed by atoms with Gasteiger partial charge < -0.3 is 15.0 Å². The van der Waals surface area contributed by atoms with Gasteiger partial charge in [0.25, 0.3) is 5.56 Å². The van der Waals surface area contributed by atoms with Crippen LogP contribution in [0.2, 0.25) is 0 Å². The van der Waals surface area contributed by atoms with Crippen molar-refractivity contribution in [3.8, 4) is 0 Å². The number of rotatable bonds is 5. The van der Waals surface area contributed by atoms with Crippen molar-refractivity contribution in [2.75, 3.05) is 0 Å². The molecular weight excluding hydrogens is 334 g/mol. The summed E-state index contributed by atoms with van der Waals surface area (Å²) in [6.07, 6.45) is 0. The molecule has 0 atom stereocenters. The van der Waals surface area contributed by atoms with E-state index in [0.717, 1.165) is 5.56 Å². The quantitative estimate of drug-likeness (QED) is 0.733. The Morgan fingerprint density at radius 1 is 1.08 bits per heavy atom. The lowest BCUT2D eigenvalue weighted by Gasteiger charge is -2.22. The molecular formula is C19H17N3O4. The maximum absolute atomic E-state index is 12.4. The summed E-state index contributed by atoms with van der Waals surface area (Å²) < 4.78 is 0. The molecule has 7 heteroatoms. The molecule has 0 radical (unpaired) electrons. The van der Waals surface area contributed by atoms with Crippen molar-refractivity contribution >= 4 is 22.8 Å². The zero-order valence-corrected chi connectivity index (χ0v) is 14.1. The van der Waals surface area contributed by atoms with Crippen LogP contribution in [0, 0.1) is 0 Å². The van der Waals surface area contributed by atoms with Gasteiger partial charge in [0.05, 0.1) is 10.9 Å². The molecule has 3 rings (SSSR count). The van der Waals surface area contributed by atoms with Crippen LogP contribution in [0.3, 0.4) is 0 Å². The van der Waals surface area contributed by atoms with Crippen molar-refractivity contribution in [2.24, 2.45) is 0 Å². The monoisotopic (exact) mass is 351 g/mol. The molecule has 1 heterocycles. The van der Waals surface area contributed by atoms with Crippen molar-refractivity contribution in [1.29, 1.82) is 0 Å². The molecule has 0 unspecified atom stereocenters. The lowest BCUT2D eigenvalue weighted by molar-refractivity contribution is -0.130. The lowest BCUT2D eigenvalue weighted by atomic mass is 10.1. The fourth-order valence-corrected chi connectivity index (χ4v) is 2.78. The first-order chi connectivity index (χ1) is 12.5. The number of hydrogen-bond donors (Lipinski definition) is 2. The van der Waals surface area contributed by atoms with E-state index in [0.29, 0.717) is 12.1 Å². The number of nitrogens with zero attached hydrogens (tertiary/aromatic N) is 2. The number of amides is 1. The number of carbonyl (C=O) groups excluding carboxylic acids is 1. The van der Waals surface area contributed by atoms with Gasteiger partial charge in [-0.15, -0.1) is 0 Å². The molecule has 0 aliphatic carbocycles. The van der Waals surface area contributed by atoms with Gasteiger partial charge in [0.2, 0.25) is 11.7 Å². The molecule has 0 saturated carbocycles. The molecule has 0 saturated heterocycles. The van der Waals surface area contributed by atoms with Gasteiger partial charge in [-0.25, -0.2) is 9.78 Å². The average molecular weight is 351 g/mol. The molecule has 132 valence electrons. The standard InChI is InChI=1S/C19H17N3O4/c1-12(23)22(10-13-6-3-2-4-7-13)11-14-8-5-9-15-16(14)18(24)21-17(20-15)19(25)26/h2-9H,10-11H2,1H3,(H,25,26)(H,20,21,24). The van der Waals surface area contributed by atoms with Gasteiger partial charge in [-0.3, -0.25) is 9.59 Å². The molecule has 0 fully saturated rings. The summed E-state index contributed by atoms with van der Waals surface area (Å²) in [4.78, 5) is 43.4. The molecule has 2 aromatic carbocycles. The number of aromatic carboxylic acids is 1. The summed E-state index contributed by atoms with van der Waals surface area (Å²) in [5, 5.41) is 9.32. The summed E-state index contributed by atoms with van der Waals surface area (Å²) >= 11 is 0. The number of nitrogens with one attached hydrogen (secondary N) is 1. The highest BCUT2D eigenvalue weighted by molar-refractivity contribution is 5.88. The first-order valence-corrected chi connectivity index (χ1v) is 8.00. The Morgan fingerprint density at radius 2 is 1.81 bits per heavy atom. The highest BCUT2D eigenvalue weighted by Gasteiger charge is 2.16. The highest BCUT2D eigenvalue weighted by atomic mass is 16.4. The minimum Gasteiger partial charge on any atom is -0.475 e. The van der Waals surface area contributed by atoms with Gasteiger partial charge >= 0.3 is 5.97 Å². The molecule has 0 bridgehead atoms. The second-order valence-electron chi connectivity index (χ2n) is 5.89. The van der Waals surface area contributed by atoms with Crippen LogP contribution in [0.1, 0.15) is 28.7 Å². The van der Waals surface area contributed by atoms with Crippen molar-refractivity contribution in [1.82, 2.24) is 14.9 Å². The van der Waals surface area contributed by atoms with Crippen LogP contribution in [0.25, 0.3) is 10.9 Å². The van der Waals surface area contributed by atoms with Crippen LogP contribution < -0.4 is 5.56 Å². The van der Waals surface area contributed by atoms with Crippen molar-refractivity contribution in [3.63, 3.8) is 0 Å². The van der Waals surface area contributed by atoms with Crippen molar-refractivity contribution in [3.05, 3.63) is 75.8 Å². The zero-order valence-electron chi connectivity index (χ0n) is 14.1. The molecule has 3 aromatic rings. The first-order valence-electron chi connectivity index (χ1n) is 8.00. The third kappa shape index (κ3) is 3.61.